The molecule has 0 heterocycles. The molecule has 0 aromatic carbocycles. The van der Waals surface area contributed by atoms with Crippen molar-refractivity contribution in [3.8, 4) is 6.07 Å². The maximum Gasteiger partial charge on any atom is 0.303 e. The minimum atomic E-state index is -3.45. The van der Waals surface area contributed by atoms with E-state index in [0.717, 1.165) is 0 Å². The molecule has 1 atom stereocenters. The third kappa shape index (κ3) is 7.90. The Morgan fingerprint density at radius 3 is 2.67 bits per heavy atom. The molecule has 0 amide bonds. The Morgan fingerprint density at radius 1 is 1.60 bits per heavy atom. The molecule has 0 bridgehead atoms. The Morgan fingerprint density at radius 2 is 2.20 bits per heavy atom. The van der Waals surface area contributed by atoms with Crippen molar-refractivity contribution < 1.29 is 18.3 Å². The number of aliphatic carboxylic acids is 1. The zero-order valence-corrected chi connectivity index (χ0v) is 9.25. The van der Waals surface area contributed by atoms with Gasteiger partial charge < -0.3 is 5.11 Å². The van der Waals surface area contributed by atoms with Gasteiger partial charge in [0.1, 0.15) is 0 Å². The van der Waals surface area contributed by atoms with Crippen LogP contribution in [0, 0.1) is 17.2 Å². The van der Waals surface area contributed by atoms with Crippen molar-refractivity contribution in [1.29, 1.82) is 5.26 Å². The van der Waals surface area contributed by atoms with Crippen LogP contribution in [0.15, 0.2) is 0 Å². The Kier molecular flexibility index (Phi) is 5.89. The first-order chi connectivity index (χ1) is 6.87. The Hall–Kier alpha value is -1.13. The fourth-order valence-electron chi connectivity index (χ4n) is 0.783. The van der Waals surface area contributed by atoms with E-state index in [9.17, 15) is 13.2 Å². The molecule has 86 valence electrons. The molecule has 0 rings (SSSR count). The summed E-state index contributed by atoms with van der Waals surface area (Å²) in [7, 11) is -3.45. The second kappa shape index (κ2) is 6.37. The highest BCUT2D eigenvalue weighted by Gasteiger charge is 2.12. The van der Waals surface area contributed by atoms with E-state index in [0.29, 0.717) is 0 Å². The van der Waals surface area contributed by atoms with Crippen LogP contribution >= 0.6 is 0 Å². The normalized spacial score (nSPS) is 13.1. The van der Waals surface area contributed by atoms with Crippen LogP contribution in [0.1, 0.15) is 19.8 Å². The van der Waals surface area contributed by atoms with E-state index in [-0.39, 0.29) is 31.1 Å². The lowest BCUT2D eigenvalue weighted by Crippen LogP contribution is -2.30. The molecular formula is C8H14N2O4S. The van der Waals surface area contributed by atoms with E-state index < -0.39 is 16.0 Å². The standard InChI is InChI=1S/C8H14N2O4S/c1-7(5-9)6-10-15(13,14)4-2-3-8(11)12/h7,10H,2-4,6H2,1H3,(H,11,12). The highest BCUT2D eigenvalue weighted by atomic mass is 32.2. The molecule has 0 spiro atoms. The maximum atomic E-state index is 11.2. The summed E-state index contributed by atoms with van der Waals surface area (Å²) in [5.74, 6) is -1.63. The summed E-state index contributed by atoms with van der Waals surface area (Å²) in [6.45, 7) is 1.66. The molecule has 7 heteroatoms. The second-order valence-corrected chi connectivity index (χ2v) is 5.12. The molecule has 1 unspecified atom stereocenters. The summed E-state index contributed by atoms with van der Waals surface area (Å²) in [5, 5.41) is 16.7. The molecule has 0 aliphatic heterocycles. The van der Waals surface area contributed by atoms with Crippen LogP contribution in [0.25, 0.3) is 0 Å². The number of hydrogen-bond acceptors (Lipinski definition) is 4. The number of sulfonamides is 1. The molecule has 0 aliphatic carbocycles. The van der Waals surface area contributed by atoms with Gasteiger partial charge in [-0.2, -0.15) is 5.26 Å². The van der Waals surface area contributed by atoms with E-state index in [4.69, 9.17) is 10.4 Å². The molecular weight excluding hydrogens is 220 g/mol. The summed E-state index contributed by atoms with van der Waals surface area (Å²) < 4.78 is 24.7. The average molecular weight is 234 g/mol. The predicted molar refractivity (Wildman–Crippen MR) is 53.4 cm³/mol. The predicted octanol–water partition coefficient (Wildman–Crippen LogP) is -0.0697. The van der Waals surface area contributed by atoms with Gasteiger partial charge in [0.2, 0.25) is 10.0 Å². The quantitative estimate of drug-likeness (QED) is 0.641. The lowest BCUT2D eigenvalue weighted by Gasteiger charge is -2.06. The highest BCUT2D eigenvalue weighted by Crippen LogP contribution is 1.96. The van der Waals surface area contributed by atoms with Gasteiger partial charge in [-0.25, -0.2) is 13.1 Å². The molecule has 15 heavy (non-hydrogen) atoms. The van der Waals surface area contributed by atoms with Crippen LogP contribution in [0.2, 0.25) is 0 Å². The van der Waals surface area contributed by atoms with Gasteiger partial charge in [0.15, 0.2) is 0 Å². The monoisotopic (exact) mass is 234 g/mol. The topological polar surface area (TPSA) is 107 Å². The maximum absolute atomic E-state index is 11.2. The van der Waals surface area contributed by atoms with E-state index in [2.05, 4.69) is 4.72 Å². The van der Waals surface area contributed by atoms with Crippen molar-refractivity contribution in [1.82, 2.24) is 4.72 Å². The minimum absolute atomic E-state index is 0.0614. The van der Waals surface area contributed by atoms with Crippen molar-refractivity contribution >= 4 is 16.0 Å². The molecule has 0 aliphatic rings. The number of carbonyl (C=O) groups is 1. The van der Waals surface area contributed by atoms with E-state index >= 15 is 0 Å². The summed E-state index contributed by atoms with van der Waals surface area (Å²) in [4.78, 5) is 10.1. The van der Waals surface area contributed by atoms with Crippen LogP contribution in [-0.4, -0.2) is 31.8 Å². The fourth-order valence-corrected chi connectivity index (χ4v) is 1.96. The second-order valence-electron chi connectivity index (χ2n) is 3.19. The van der Waals surface area contributed by atoms with Crippen LogP contribution in [0.4, 0.5) is 0 Å². The summed E-state index contributed by atoms with van der Waals surface area (Å²) >= 11 is 0. The zero-order chi connectivity index (χ0) is 11.9. The first-order valence-corrected chi connectivity index (χ1v) is 6.11. The van der Waals surface area contributed by atoms with Crippen LogP contribution < -0.4 is 4.72 Å². The number of nitriles is 1. The first-order valence-electron chi connectivity index (χ1n) is 4.46. The van der Waals surface area contributed by atoms with Gasteiger partial charge in [-0.15, -0.1) is 0 Å². The number of nitrogens with one attached hydrogen (secondary N) is 1. The minimum Gasteiger partial charge on any atom is -0.481 e. The third-order valence-corrected chi connectivity index (χ3v) is 3.07. The van der Waals surface area contributed by atoms with Gasteiger partial charge in [-0.1, -0.05) is 0 Å². The molecule has 0 aromatic rings. The molecule has 0 radical (unpaired) electrons. The molecule has 2 N–H and O–H groups in total. The summed E-state index contributed by atoms with van der Waals surface area (Å²) in [6.07, 6.45) is -0.0969. The van der Waals surface area contributed by atoms with Gasteiger partial charge in [0.25, 0.3) is 0 Å². The van der Waals surface area contributed by atoms with E-state index in [1.165, 1.54) is 0 Å². The van der Waals surface area contributed by atoms with Crippen molar-refractivity contribution in [2.75, 3.05) is 12.3 Å². The fraction of sp³-hybridized carbons (Fsp3) is 0.750. The zero-order valence-electron chi connectivity index (χ0n) is 8.43. The Labute approximate surface area is 89.0 Å². The van der Waals surface area contributed by atoms with Crippen molar-refractivity contribution in [2.45, 2.75) is 19.8 Å². The number of carboxylic acids is 1. The van der Waals surface area contributed by atoms with Gasteiger partial charge in [0.05, 0.1) is 17.7 Å². The number of carboxylic acid groups (broad SMARTS) is 1. The van der Waals surface area contributed by atoms with Crippen LogP contribution in [0.5, 0.6) is 0 Å². The largest absolute Gasteiger partial charge is 0.481 e. The van der Waals surface area contributed by atoms with Crippen molar-refractivity contribution in [2.24, 2.45) is 5.92 Å². The number of nitrogens with zero attached hydrogens (tertiary/aromatic N) is 1. The molecule has 0 saturated carbocycles. The van der Waals surface area contributed by atoms with E-state index in [1.54, 1.807) is 6.92 Å². The number of hydrogen-bond donors (Lipinski definition) is 2. The van der Waals surface area contributed by atoms with Gasteiger partial charge in [-0.05, 0) is 13.3 Å². The van der Waals surface area contributed by atoms with Gasteiger partial charge in [0, 0.05) is 13.0 Å². The number of rotatable bonds is 7. The summed E-state index contributed by atoms with van der Waals surface area (Å²) in [5.41, 5.74) is 0. The van der Waals surface area contributed by atoms with E-state index in [1.807, 2.05) is 6.07 Å². The molecule has 0 aromatic heterocycles. The summed E-state index contributed by atoms with van der Waals surface area (Å²) in [6, 6.07) is 1.89. The lowest BCUT2D eigenvalue weighted by atomic mass is 10.2. The highest BCUT2D eigenvalue weighted by molar-refractivity contribution is 7.89. The molecule has 6 nitrogen and oxygen atoms in total. The Bertz CT molecular complexity index is 344. The van der Waals surface area contributed by atoms with Crippen LogP contribution in [-0.2, 0) is 14.8 Å². The third-order valence-electron chi connectivity index (χ3n) is 1.63. The SMILES string of the molecule is CC(C#N)CNS(=O)(=O)CCCC(=O)O. The van der Waals surface area contributed by atoms with Crippen molar-refractivity contribution in [3.05, 3.63) is 0 Å². The van der Waals surface area contributed by atoms with Crippen molar-refractivity contribution in [3.63, 3.8) is 0 Å². The average Bonchev–Trinajstić information content (AvgIpc) is 2.13. The van der Waals surface area contributed by atoms with Gasteiger partial charge >= 0.3 is 5.97 Å². The first kappa shape index (κ1) is 13.9. The van der Waals surface area contributed by atoms with Gasteiger partial charge in [-0.3, -0.25) is 4.79 Å². The smallest absolute Gasteiger partial charge is 0.303 e. The Balaban J connectivity index is 3.89. The molecule has 0 fully saturated rings. The van der Waals surface area contributed by atoms with Crippen LogP contribution in [0.3, 0.4) is 0 Å². The lowest BCUT2D eigenvalue weighted by molar-refractivity contribution is -0.137. The molecule has 0 saturated heterocycles.